The number of hydrogen-bond acceptors (Lipinski definition) is 3. The average molecular weight is 326 g/mol. The van der Waals surface area contributed by atoms with Crippen molar-refractivity contribution in [2.45, 2.75) is 25.3 Å². The molecular formula is C16H24ClN3O2. The van der Waals surface area contributed by atoms with E-state index in [2.05, 4.69) is 10.6 Å². The third-order valence-electron chi connectivity index (χ3n) is 4.06. The predicted molar refractivity (Wildman–Crippen MR) is 89.3 cm³/mol. The lowest BCUT2D eigenvalue weighted by Crippen LogP contribution is -2.56. The first-order valence-corrected chi connectivity index (χ1v) is 7.39. The van der Waals surface area contributed by atoms with E-state index in [4.69, 9.17) is 0 Å². The van der Waals surface area contributed by atoms with E-state index in [9.17, 15) is 9.59 Å². The molecule has 1 atom stereocenters. The fourth-order valence-electron chi connectivity index (χ4n) is 2.75. The van der Waals surface area contributed by atoms with Crippen LogP contribution in [-0.4, -0.2) is 48.9 Å². The van der Waals surface area contributed by atoms with Gasteiger partial charge in [-0.2, -0.15) is 0 Å². The highest BCUT2D eigenvalue weighted by molar-refractivity contribution is 5.99. The van der Waals surface area contributed by atoms with E-state index in [1.54, 1.807) is 17.0 Å². The second-order valence-electron chi connectivity index (χ2n) is 5.56. The van der Waals surface area contributed by atoms with Gasteiger partial charge in [0.1, 0.15) is 5.54 Å². The topological polar surface area (TPSA) is 61.4 Å². The van der Waals surface area contributed by atoms with Gasteiger partial charge >= 0.3 is 0 Å². The number of carbonyl (C=O) groups is 2. The summed E-state index contributed by atoms with van der Waals surface area (Å²) in [5.74, 6) is -0.140. The molecule has 2 amide bonds. The molecule has 6 heteroatoms. The number of benzene rings is 1. The van der Waals surface area contributed by atoms with Crippen molar-refractivity contribution in [2.24, 2.45) is 0 Å². The zero-order valence-corrected chi connectivity index (χ0v) is 13.9. The van der Waals surface area contributed by atoms with E-state index in [0.29, 0.717) is 31.6 Å². The second-order valence-corrected chi connectivity index (χ2v) is 5.56. The van der Waals surface area contributed by atoms with Gasteiger partial charge in [0.2, 0.25) is 5.91 Å². The molecule has 1 unspecified atom stereocenters. The van der Waals surface area contributed by atoms with Gasteiger partial charge in [0.05, 0.1) is 0 Å². The van der Waals surface area contributed by atoms with Gasteiger partial charge in [0.15, 0.2) is 0 Å². The number of nitrogens with zero attached hydrogens (tertiary/aromatic N) is 1. The Bertz CT molecular complexity index is 509. The molecule has 1 aromatic rings. The van der Waals surface area contributed by atoms with Crippen molar-refractivity contribution in [2.75, 3.05) is 26.7 Å². The molecule has 0 bridgehead atoms. The number of nitrogens with one attached hydrogen (secondary N) is 2. The minimum absolute atomic E-state index is 0. The summed E-state index contributed by atoms with van der Waals surface area (Å²) in [6.45, 7) is 3.77. The third-order valence-corrected chi connectivity index (χ3v) is 4.06. The maximum absolute atomic E-state index is 12.6. The fraction of sp³-hybridized carbons (Fsp3) is 0.500. The van der Waals surface area contributed by atoms with Crippen LogP contribution in [0.15, 0.2) is 30.3 Å². The number of halogens is 1. The van der Waals surface area contributed by atoms with Gasteiger partial charge in [-0.15, -0.1) is 12.4 Å². The van der Waals surface area contributed by atoms with E-state index in [-0.39, 0.29) is 24.2 Å². The lowest BCUT2D eigenvalue weighted by atomic mass is 9.97. The van der Waals surface area contributed by atoms with Crippen LogP contribution in [0.3, 0.4) is 0 Å². The van der Waals surface area contributed by atoms with Crippen molar-refractivity contribution >= 4 is 24.2 Å². The maximum atomic E-state index is 12.6. The van der Waals surface area contributed by atoms with Gasteiger partial charge in [0, 0.05) is 25.2 Å². The summed E-state index contributed by atoms with van der Waals surface area (Å²) in [7, 11) is 1.84. The first-order chi connectivity index (χ1) is 10.1. The van der Waals surface area contributed by atoms with Gasteiger partial charge in [-0.25, -0.2) is 0 Å². The Kier molecular flexibility index (Phi) is 6.84. The highest BCUT2D eigenvalue weighted by atomic mass is 35.5. The SMILES string of the molecule is CNCCNC(=O)C1(C)CCCN1C(=O)c1ccccc1.Cl. The minimum atomic E-state index is -0.749. The lowest BCUT2D eigenvalue weighted by molar-refractivity contribution is -0.129. The molecule has 1 saturated heterocycles. The zero-order chi connectivity index (χ0) is 15.3. The number of rotatable bonds is 5. The third kappa shape index (κ3) is 3.78. The molecule has 0 aromatic heterocycles. The molecule has 2 N–H and O–H groups in total. The van der Waals surface area contributed by atoms with E-state index in [0.717, 1.165) is 6.42 Å². The van der Waals surface area contributed by atoms with Gasteiger partial charge in [0.25, 0.3) is 5.91 Å². The van der Waals surface area contributed by atoms with Crippen LogP contribution < -0.4 is 10.6 Å². The number of hydrogen-bond donors (Lipinski definition) is 2. The minimum Gasteiger partial charge on any atom is -0.353 e. The van der Waals surface area contributed by atoms with Crippen LogP contribution in [0, 0.1) is 0 Å². The molecular weight excluding hydrogens is 302 g/mol. The van der Waals surface area contributed by atoms with Gasteiger partial charge in [-0.3, -0.25) is 9.59 Å². The summed E-state index contributed by atoms with van der Waals surface area (Å²) in [5, 5.41) is 5.90. The van der Waals surface area contributed by atoms with Crippen LogP contribution in [0.5, 0.6) is 0 Å². The normalized spacial score (nSPS) is 20.4. The molecule has 1 aliphatic rings. The van der Waals surface area contributed by atoms with Crippen LogP contribution in [0.2, 0.25) is 0 Å². The van der Waals surface area contributed by atoms with E-state index < -0.39 is 5.54 Å². The highest BCUT2D eigenvalue weighted by Crippen LogP contribution is 2.30. The van der Waals surface area contributed by atoms with E-state index in [1.807, 2.05) is 32.2 Å². The summed E-state index contributed by atoms with van der Waals surface area (Å²) in [5.41, 5.74) is -0.116. The fourth-order valence-corrected chi connectivity index (χ4v) is 2.75. The number of amides is 2. The Labute approximate surface area is 137 Å². The van der Waals surface area contributed by atoms with Crippen LogP contribution >= 0.6 is 12.4 Å². The van der Waals surface area contributed by atoms with E-state index in [1.165, 1.54) is 0 Å². The van der Waals surface area contributed by atoms with Crippen molar-refractivity contribution in [3.63, 3.8) is 0 Å². The van der Waals surface area contributed by atoms with Gasteiger partial charge < -0.3 is 15.5 Å². The number of likely N-dealkylation sites (N-methyl/N-ethyl adjacent to an activating group) is 1. The smallest absolute Gasteiger partial charge is 0.254 e. The molecule has 0 spiro atoms. The second kappa shape index (κ2) is 8.15. The molecule has 0 aliphatic carbocycles. The molecule has 2 rings (SSSR count). The molecule has 1 aromatic carbocycles. The molecule has 1 aliphatic heterocycles. The quantitative estimate of drug-likeness (QED) is 0.805. The standard InChI is InChI=1S/C16H23N3O2.ClH/c1-16(15(21)18-11-10-17-2)9-6-12-19(16)14(20)13-7-4-3-5-8-13;/h3-5,7-8,17H,6,9-12H2,1-2H3,(H,18,21);1H. The van der Waals surface area contributed by atoms with Crippen molar-refractivity contribution in [1.29, 1.82) is 0 Å². The largest absolute Gasteiger partial charge is 0.353 e. The van der Waals surface area contributed by atoms with Crippen molar-refractivity contribution in [3.8, 4) is 0 Å². The first-order valence-electron chi connectivity index (χ1n) is 7.39. The van der Waals surface area contributed by atoms with Crippen LogP contribution in [-0.2, 0) is 4.79 Å². The summed E-state index contributed by atoms with van der Waals surface area (Å²) in [6, 6.07) is 9.14. The number of likely N-dealkylation sites (tertiary alicyclic amines) is 1. The predicted octanol–water partition coefficient (Wildman–Crippen LogP) is 1.44. The molecule has 0 radical (unpaired) electrons. The lowest BCUT2D eigenvalue weighted by Gasteiger charge is -2.34. The molecule has 1 heterocycles. The zero-order valence-electron chi connectivity index (χ0n) is 13.1. The van der Waals surface area contributed by atoms with Crippen molar-refractivity contribution in [3.05, 3.63) is 35.9 Å². The van der Waals surface area contributed by atoms with Crippen molar-refractivity contribution in [1.82, 2.24) is 15.5 Å². The molecule has 22 heavy (non-hydrogen) atoms. The van der Waals surface area contributed by atoms with Crippen LogP contribution in [0.4, 0.5) is 0 Å². The summed E-state index contributed by atoms with van der Waals surface area (Å²) in [6.07, 6.45) is 1.56. The summed E-state index contributed by atoms with van der Waals surface area (Å²) >= 11 is 0. The highest BCUT2D eigenvalue weighted by Gasteiger charge is 2.45. The molecule has 122 valence electrons. The summed E-state index contributed by atoms with van der Waals surface area (Å²) in [4.78, 5) is 26.8. The average Bonchev–Trinajstić information content (AvgIpc) is 2.91. The molecule has 5 nitrogen and oxygen atoms in total. The van der Waals surface area contributed by atoms with Gasteiger partial charge in [-0.05, 0) is 38.9 Å². The molecule has 1 fully saturated rings. The molecule has 0 saturated carbocycles. The monoisotopic (exact) mass is 325 g/mol. The van der Waals surface area contributed by atoms with E-state index >= 15 is 0 Å². The Morgan fingerprint density at radius 1 is 1.23 bits per heavy atom. The van der Waals surface area contributed by atoms with Gasteiger partial charge in [-0.1, -0.05) is 18.2 Å². The Morgan fingerprint density at radius 2 is 1.91 bits per heavy atom. The Hall–Kier alpha value is -1.59. The Morgan fingerprint density at radius 3 is 2.55 bits per heavy atom. The maximum Gasteiger partial charge on any atom is 0.254 e. The number of carbonyl (C=O) groups excluding carboxylic acids is 2. The van der Waals surface area contributed by atoms with Crippen LogP contribution in [0.25, 0.3) is 0 Å². The van der Waals surface area contributed by atoms with Crippen molar-refractivity contribution < 1.29 is 9.59 Å². The summed E-state index contributed by atoms with van der Waals surface area (Å²) < 4.78 is 0. The Balaban J connectivity index is 0.00000242. The first kappa shape index (κ1) is 18.5. The van der Waals surface area contributed by atoms with Crippen LogP contribution in [0.1, 0.15) is 30.1 Å².